The summed E-state index contributed by atoms with van der Waals surface area (Å²) in [5.41, 5.74) is 0.562. The van der Waals surface area contributed by atoms with Gasteiger partial charge in [0.2, 0.25) is 15.9 Å². The fourth-order valence-corrected chi connectivity index (χ4v) is 5.58. The van der Waals surface area contributed by atoms with E-state index in [4.69, 9.17) is 4.52 Å². The van der Waals surface area contributed by atoms with E-state index in [1.165, 1.54) is 22.5 Å². The molecular formula is C23H30FN3O4S. The maximum absolute atomic E-state index is 13.9. The molecule has 3 rings (SSSR count). The summed E-state index contributed by atoms with van der Waals surface area (Å²) in [7, 11) is -2.07. The lowest BCUT2D eigenvalue weighted by Gasteiger charge is -2.32. The monoisotopic (exact) mass is 463 g/mol. The van der Waals surface area contributed by atoms with Crippen LogP contribution in [0.3, 0.4) is 0 Å². The average Bonchev–Trinajstić information content (AvgIpc) is 3.17. The summed E-state index contributed by atoms with van der Waals surface area (Å²) in [5, 5.41) is 3.82. The summed E-state index contributed by atoms with van der Waals surface area (Å²) < 4.78 is 47.2. The number of aryl methyl sites for hydroxylation is 1. The minimum atomic E-state index is -3.87. The molecule has 0 unspecified atom stereocenters. The lowest BCUT2D eigenvalue weighted by molar-refractivity contribution is -0.135. The van der Waals surface area contributed by atoms with Gasteiger partial charge in [0.1, 0.15) is 11.5 Å². The molecule has 2 aromatic rings. The number of halogens is 1. The number of nitrogens with zero attached hydrogens (tertiary/aromatic N) is 3. The molecule has 1 aromatic heterocycles. The third-order valence-corrected chi connectivity index (χ3v) is 7.83. The van der Waals surface area contributed by atoms with Crippen LogP contribution in [-0.2, 0) is 14.8 Å². The van der Waals surface area contributed by atoms with E-state index in [9.17, 15) is 17.6 Å². The standard InChI is InChI=1S/C23H30FN3O4S/c1-4-5-14-26(3)23(28)19-12-15-27(16-13-19)32(29,30)22-17(2)25-31-21(22)11-10-18-8-6-7-9-20(18)24/h6-11,19H,4-5,12-16H2,1-3H3. The molecule has 32 heavy (non-hydrogen) atoms. The summed E-state index contributed by atoms with van der Waals surface area (Å²) >= 11 is 0. The Labute approximate surface area is 188 Å². The van der Waals surface area contributed by atoms with Gasteiger partial charge >= 0.3 is 0 Å². The molecule has 9 heteroatoms. The summed E-state index contributed by atoms with van der Waals surface area (Å²) in [5.74, 6) is -0.458. The first-order valence-corrected chi connectivity index (χ1v) is 12.3. The van der Waals surface area contributed by atoms with Crippen LogP contribution >= 0.6 is 0 Å². The van der Waals surface area contributed by atoms with Crippen molar-refractivity contribution in [1.82, 2.24) is 14.4 Å². The third-order valence-electron chi connectivity index (χ3n) is 5.78. The highest BCUT2D eigenvalue weighted by molar-refractivity contribution is 7.89. The zero-order chi connectivity index (χ0) is 23.3. The van der Waals surface area contributed by atoms with Crippen molar-refractivity contribution in [3.05, 3.63) is 47.1 Å². The lowest BCUT2D eigenvalue weighted by atomic mass is 9.96. The Hall–Kier alpha value is -2.52. The van der Waals surface area contributed by atoms with E-state index >= 15 is 0 Å². The number of piperidine rings is 1. The second-order valence-electron chi connectivity index (χ2n) is 8.11. The van der Waals surface area contributed by atoms with Crippen LogP contribution in [0.15, 0.2) is 33.7 Å². The van der Waals surface area contributed by atoms with Crippen LogP contribution in [0.25, 0.3) is 12.2 Å². The molecule has 0 radical (unpaired) electrons. The number of hydrogen-bond donors (Lipinski definition) is 0. The van der Waals surface area contributed by atoms with E-state index in [0.29, 0.717) is 24.9 Å². The van der Waals surface area contributed by atoms with Gasteiger partial charge in [0.05, 0.1) is 0 Å². The van der Waals surface area contributed by atoms with Crippen LogP contribution in [0.4, 0.5) is 4.39 Å². The number of unbranched alkanes of at least 4 members (excludes halogenated alkanes) is 1. The second-order valence-corrected chi connectivity index (χ2v) is 9.98. The number of hydrogen-bond acceptors (Lipinski definition) is 5. The van der Waals surface area contributed by atoms with Gasteiger partial charge in [-0.25, -0.2) is 12.8 Å². The zero-order valence-electron chi connectivity index (χ0n) is 18.8. The fraction of sp³-hybridized carbons (Fsp3) is 0.478. The molecule has 1 aliphatic heterocycles. The Balaban J connectivity index is 1.74. The van der Waals surface area contributed by atoms with E-state index in [1.807, 2.05) is 0 Å². The van der Waals surface area contributed by atoms with Crippen LogP contribution in [0.2, 0.25) is 0 Å². The van der Waals surface area contributed by atoms with Gasteiger partial charge in [-0.3, -0.25) is 4.79 Å². The van der Waals surface area contributed by atoms with Gasteiger partial charge in [-0.1, -0.05) is 36.7 Å². The number of carbonyl (C=O) groups excluding carboxylic acids is 1. The smallest absolute Gasteiger partial charge is 0.248 e. The molecule has 0 saturated carbocycles. The summed E-state index contributed by atoms with van der Waals surface area (Å²) in [6, 6.07) is 6.19. The maximum Gasteiger partial charge on any atom is 0.248 e. The molecule has 174 valence electrons. The molecule has 0 spiro atoms. The fourth-order valence-electron chi connectivity index (χ4n) is 3.86. The molecule has 1 saturated heterocycles. The van der Waals surface area contributed by atoms with Gasteiger partial charge in [0.15, 0.2) is 10.7 Å². The van der Waals surface area contributed by atoms with Crippen LogP contribution < -0.4 is 0 Å². The van der Waals surface area contributed by atoms with Crippen LogP contribution in [0, 0.1) is 18.7 Å². The van der Waals surface area contributed by atoms with Crippen LogP contribution in [0.5, 0.6) is 0 Å². The van der Waals surface area contributed by atoms with Gasteiger partial charge < -0.3 is 9.42 Å². The first-order chi connectivity index (χ1) is 15.3. The molecule has 1 aliphatic rings. The number of rotatable bonds is 8. The minimum absolute atomic E-state index is 0.0186. The van der Waals surface area contributed by atoms with E-state index in [0.717, 1.165) is 12.8 Å². The highest BCUT2D eigenvalue weighted by atomic mass is 32.2. The topological polar surface area (TPSA) is 83.7 Å². The number of carbonyl (C=O) groups is 1. The molecule has 7 nitrogen and oxygen atoms in total. The van der Waals surface area contributed by atoms with Gasteiger partial charge in [-0.05, 0) is 44.4 Å². The highest BCUT2D eigenvalue weighted by Crippen LogP contribution is 2.30. The molecular weight excluding hydrogens is 433 g/mol. The van der Waals surface area contributed by atoms with Crippen LogP contribution in [-0.4, -0.2) is 55.4 Å². The largest absolute Gasteiger partial charge is 0.355 e. The molecule has 1 fully saturated rings. The Morgan fingerprint density at radius 2 is 1.97 bits per heavy atom. The zero-order valence-corrected chi connectivity index (χ0v) is 19.6. The van der Waals surface area contributed by atoms with Crippen molar-refractivity contribution in [3.8, 4) is 0 Å². The normalized spacial score (nSPS) is 16.0. The lowest BCUT2D eigenvalue weighted by Crippen LogP contribution is -2.43. The Kier molecular flexibility index (Phi) is 7.84. The van der Waals surface area contributed by atoms with Gasteiger partial charge in [-0.15, -0.1) is 0 Å². The Morgan fingerprint density at radius 3 is 2.62 bits per heavy atom. The van der Waals surface area contributed by atoms with E-state index in [2.05, 4.69) is 12.1 Å². The van der Waals surface area contributed by atoms with E-state index in [1.54, 1.807) is 37.1 Å². The van der Waals surface area contributed by atoms with Gasteiger partial charge in [0, 0.05) is 38.2 Å². The molecule has 0 N–H and O–H groups in total. The van der Waals surface area contributed by atoms with Crippen molar-refractivity contribution in [2.24, 2.45) is 5.92 Å². The predicted molar refractivity (Wildman–Crippen MR) is 121 cm³/mol. The van der Waals surface area contributed by atoms with Crippen molar-refractivity contribution in [2.45, 2.75) is 44.4 Å². The molecule has 1 amide bonds. The quantitative estimate of drug-likeness (QED) is 0.592. The van der Waals surface area contributed by atoms with Crippen LogP contribution in [0.1, 0.15) is 49.6 Å². The number of sulfonamides is 1. The second kappa shape index (κ2) is 10.4. The summed E-state index contributed by atoms with van der Waals surface area (Å²) in [6.45, 7) is 4.86. The van der Waals surface area contributed by atoms with Crippen molar-refractivity contribution >= 4 is 28.1 Å². The predicted octanol–water partition coefficient (Wildman–Crippen LogP) is 3.95. The Bertz CT molecular complexity index is 1070. The molecule has 2 heterocycles. The SMILES string of the molecule is CCCCN(C)C(=O)C1CCN(S(=O)(=O)c2c(C)noc2C=Cc2ccccc2F)CC1. The van der Waals surface area contributed by atoms with Crippen molar-refractivity contribution < 1.29 is 22.1 Å². The first-order valence-electron chi connectivity index (χ1n) is 10.9. The van der Waals surface area contributed by atoms with E-state index < -0.39 is 15.8 Å². The number of amides is 1. The molecule has 0 aliphatic carbocycles. The number of benzene rings is 1. The molecule has 1 aromatic carbocycles. The molecule has 0 bridgehead atoms. The van der Waals surface area contributed by atoms with Crippen molar-refractivity contribution in [2.75, 3.05) is 26.7 Å². The van der Waals surface area contributed by atoms with Crippen molar-refractivity contribution in [1.29, 1.82) is 0 Å². The Morgan fingerprint density at radius 1 is 1.28 bits per heavy atom. The minimum Gasteiger partial charge on any atom is -0.355 e. The van der Waals surface area contributed by atoms with Crippen molar-refractivity contribution in [3.63, 3.8) is 0 Å². The first kappa shape index (κ1) is 24.1. The number of aromatic nitrogens is 1. The average molecular weight is 464 g/mol. The van der Waals surface area contributed by atoms with Gasteiger partial charge in [-0.2, -0.15) is 4.31 Å². The molecule has 0 atom stereocenters. The van der Waals surface area contributed by atoms with Gasteiger partial charge in [0.25, 0.3) is 0 Å². The summed E-state index contributed by atoms with van der Waals surface area (Å²) in [6.07, 6.45) is 5.79. The maximum atomic E-state index is 13.9. The third kappa shape index (κ3) is 5.27. The van der Waals surface area contributed by atoms with E-state index in [-0.39, 0.29) is 41.3 Å². The summed E-state index contributed by atoms with van der Waals surface area (Å²) in [4.78, 5) is 14.4. The highest BCUT2D eigenvalue weighted by Gasteiger charge is 2.36.